The van der Waals surface area contributed by atoms with E-state index in [1.165, 1.54) is 11.1 Å². The van der Waals surface area contributed by atoms with Crippen LogP contribution < -0.4 is 10.6 Å². The average Bonchev–Trinajstić information content (AvgIpc) is 2.51. The standard InChI is InChI=1S/C17H17ClN2O/c1-11-15(18)3-2-4-16(11)20-17(21)13-6-5-12-7-8-19-10-14(12)9-13/h2-6,9,19H,7-8,10H2,1H3,(H,20,21). The number of carbonyl (C=O) groups is 1. The molecule has 3 nitrogen and oxygen atoms in total. The molecule has 0 radical (unpaired) electrons. The highest BCUT2D eigenvalue weighted by molar-refractivity contribution is 6.31. The molecule has 1 heterocycles. The van der Waals surface area contributed by atoms with Crippen LogP contribution in [0, 0.1) is 6.92 Å². The summed E-state index contributed by atoms with van der Waals surface area (Å²) >= 11 is 6.08. The number of fused-ring (bicyclic) bond motifs is 1. The maximum absolute atomic E-state index is 12.4. The average molecular weight is 301 g/mol. The predicted octanol–water partition coefficient (Wildman–Crippen LogP) is 3.55. The fraction of sp³-hybridized carbons (Fsp3) is 0.235. The Hall–Kier alpha value is -1.84. The predicted molar refractivity (Wildman–Crippen MR) is 86.0 cm³/mol. The largest absolute Gasteiger partial charge is 0.322 e. The molecule has 4 heteroatoms. The number of halogens is 1. The highest BCUT2D eigenvalue weighted by atomic mass is 35.5. The number of amides is 1. The molecule has 1 aliphatic rings. The second kappa shape index (κ2) is 5.88. The molecular weight excluding hydrogens is 284 g/mol. The first-order valence-corrected chi connectivity index (χ1v) is 7.42. The molecule has 0 bridgehead atoms. The van der Waals surface area contributed by atoms with Gasteiger partial charge in [0.2, 0.25) is 0 Å². The van der Waals surface area contributed by atoms with Gasteiger partial charge in [0.05, 0.1) is 0 Å². The zero-order valence-corrected chi connectivity index (χ0v) is 12.6. The number of nitrogens with one attached hydrogen (secondary N) is 2. The third-order valence-electron chi connectivity index (χ3n) is 3.87. The summed E-state index contributed by atoms with van der Waals surface area (Å²) in [6.07, 6.45) is 1.02. The van der Waals surface area contributed by atoms with E-state index >= 15 is 0 Å². The molecular formula is C17H17ClN2O. The van der Waals surface area contributed by atoms with Gasteiger partial charge in [0.1, 0.15) is 0 Å². The Kier molecular flexibility index (Phi) is 3.95. The molecule has 2 N–H and O–H groups in total. The van der Waals surface area contributed by atoms with E-state index < -0.39 is 0 Å². The van der Waals surface area contributed by atoms with Gasteiger partial charge in [-0.05, 0) is 60.8 Å². The van der Waals surface area contributed by atoms with E-state index in [1.54, 1.807) is 0 Å². The third-order valence-corrected chi connectivity index (χ3v) is 4.28. The molecule has 0 atom stereocenters. The Bertz CT molecular complexity index is 697. The molecule has 0 spiro atoms. The first-order chi connectivity index (χ1) is 10.1. The van der Waals surface area contributed by atoms with Crippen molar-refractivity contribution in [1.29, 1.82) is 0 Å². The first kappa shape index (κ1) is 14.1. The summed E-state index contributed by atoms with van der Waals surface area (Å²) < 4.78 is 0. The molecule has 2 aromatic rings. The third kappa shape index (κ3) is 2.94. The smallest absolute Gasteiger partial charge is 0.255 e. The van der Waals surface area contributed by atoms with Crippen molar-refractivity contribution < 1.29 is 4.79 Å². The molecule has 0 aromatic heterocycles. The summed E-state index contributed by atoms with van der Waals surface area (Å²) in [5, 5.41) is 6.91. The second-order valence-electron chi connectivity index (χ2n) is 5.28. The summed E-state index contributed by atoms with van der Waals surface area (Å²) in [5.74, 6) is -0.103. The topological polar surface area (TPSA) is 41.1 Å². The molecule has 1 amide bonds. The van der Waals surface area contributed by atoms with Gasteiger partial charge < -0.3 is 10.6 Å². The Labute approximate surface area is 129 Å². The van der Waals surface area contributed by atoms with E-state index in [9.17, 15) is 4.79 Å². The number of anilines is 1. The second-order valence-corrected chi connectivity index (χ2v) is 5.68. The van der Waals surface area contributed by atoms with E-state index in [1.807, 2.05) is 37.3 Å². The van der Waals surface area contributed by atoms with Gasteiger partial charge in [0, 0.05) is 22.8 Å². The molecule has 3 rings (SSSR count). The fourth-order valence-electron chi connectivity index (χ4n) is 2.56. The van der Waals surface area contributed by atoms with Crippen molar-refractivity contribution in [3.05, 3.63) is 63.7 Å². The Balaban J connectivity index is 1.84. The van der Waals surface area contributed by atoms with Crippen LogP contribution in [0.5, 0.6) is 0 Å². The minimum atomic E-state index is -0.103. The van der Waals surface area contributed by atoms with Crippen LogP contribution in [0.3, 0.4) is 0 Å². The van der Waals surface area contributed by atoms with Crippen molar-refractivity contribution in [2.24, 2.45) is 0 Å². The fourth-order valence-corrected chi connectivity index (χ4v) is 2.73. The molecule has 108 valence electrons. The zero-order chi connectivity index (χ0) is 14.8. The zero-order valence-electron chi connectivity index (χ0n) is 11.9. The lowest BCUT2D eigenvalue weighted by Gasteiger charge is -2.18. The van der Waals surface area contributed by atoms with E-state index in [-0.39, 0.29) is 5.91 Å². The van der Waals surface area contributed by atoms with Crippen molar-refractivity contribution in [1.82, 2.24) is 5.32 Å². The lowest BCUT2D eigenvalue weighted by atomic mass is 9.98. The van der Waals surface area contributed by atoms with Crippen LogP contribution in [0.25, 0.3) is 0 Å². The van der Waals surface area contributed by atoms with Crippen LogP contribution in [0.1, 0.15) is 27.0 Å². The summed E-state index contributed by atoms with van der Waals surface area (Å²) in [4.78, 5) is 12.4. The molecule has 0 unspecified atom stereocenters. The molecule has 2 aromatic carbocycles. The number of rotatable bonds is 2. The monoisotopic (exact) mass is 300 g/mol. The minimum absolute atomic E-state index is 0.103. The summed E-state index contributed by atoms with van der Waals surface area (Å²) in [5.41, 5.74) is 4.84. The van der Waals surface area contributed by atoms with Crippen molar-refractivity contribution in [3.63, 3.8) is 0 Å². The molecule has 0 saturated carbocycles. The van der Waals surface area contributed by atoms with Gasteiger partial charge in [-0.1, -0.05) is 23.7 Å². The van der Waals surface area contributed by atoms with Crippen LogP contribution in [0.4, 0.5) is 5.69 Å². The summed E-state index contributed by atoms with van der Waals surface area (Å²) in [6, 6.07) is 11.4. The highest BCUT2D eigenvalue weighted by Crippen LogP contribution is 2.24. The number of carbonyl (C=O) groups excluding carboxylic acids is 1. The van der Waals surface area contributed by atoms with Crippen LogP contribution in [-0.2, 0) is 13.0 Å². The highest BCUT2D eigenvalue weighted by Gasteiger charge is 2.13. The van der Waals surface area contributed by atoms with Gasteiger partial charge in [-0.25, -0.2) is 0 Å². The van der Waals surface area contributed by atoms with E-state index in [2.05, 4.69) is 16.7 Å². The van der Waals surface area contributed by atoms with Crippen molar-refractivity contribution in [2.45, 2.75) is 19.9 Å². The SMILES string of the molecule is Cc1c(Cl)cccc1NC(=O)c1ccc2c(c1)CNCC2. The van der Waals surface area contributed by atoms with Gasteiger partial charge in [-0.3, -0.25) is 4.79 Å². The quantitative estimate of drug-likeness (QED) is 0.890. The van der Waals surface area contributed by atoms with Crippen molar-refractivity contribution in [2.75, 3.05) is 11.9 Å². The molecule has 0 aliphatic carbocycles. The lowest BCUT2D eigenvalue weighted by Crippen LogP contribution is -2.24. The number of hydrogen-bond acceptors (Lipinski definition) is 2. The Morgan fingerprint density at radius 1 is 1.24 bits per heavy atom. The lowest BCUT2D eigenvalue weighted by molar-refractivity contribution is 0.102. The van der Waals surface area contributed by atoms with Crippen LogP contribution in [0.15, 0.2) is 36.4 Å². The van der Waals surface area contributed by atoms with Gasteiger partial charge in [-0.2, -0.15) is 0 Å². The van der Waals surface area contributed by atoms with Crippen molar-refractivity contribution >= 4 is 23.2 Å². The molecule has 0 fully saturated rings. The van der Waals surface area contributed by atoms with Crippen LogP contribution in [-0.4, -0.2) is 12.5 Å². The van der Waals surface area contributed by atoms with E-state index in [0.29, 0.717) is 10.6 Å². The Morgan fingerprint density at radius 2 is 2.10 bits per heavy atom. The van der Waals surface area contributed by atoms with Gasteiger partial charge >= 0.3 is 0 Å². The minimum Gasteiger partial charge on any atom is -0.322 e. The molecule has 1 aliphatic heterocycles. The maximum atomic E-state index is 12.4. The number of hydrogen-bond donors (Lipinski definition) is 2. The van der Waals surface area contributed by atoms with E-state index in [4.69, 9.17) is 11.6 Å². The summed E-state index contributed by atoms with van der Waals surface area (Å²) in [6.45, 7) is 3.72. The summed E-state index contributed by atoms with van der Waals surface area (Å²) in [7, 11) is 0. The first-order valence-electron chi connectivity index (χ1n) is 7.04. The van der Waals surface area contributed by atoms with Crippen LogP contribution >= 0.6 is 11.6 Å². The number of benzene rings is 2. The Morgan fingerprint density at radius 3 is 2.95 bits per heavy atom. The van der Waals surface area contributed by atoms with Gasteiger partial charge in [-0.15, -0.1) is 0 Å². The molecule has 0 saturated heterocycles. The van der Waals surface area contributed by atoms with Crippen LogP contribution in [0.2, 0.25) is 5.02 Å². The molecule has 21 heavy (non-hydrogen) atoms. The maximum Gasteiger partial charge on any atom is 0.255 e. The van der Waals surface area contributed by atoms with Gasteiger partial charge in [0.25, 0.3) is 5.91 Å². The van der Waals surface area contributed by atoms with Crippen molar-refractivity contribution in [3.8, 4) is 0 Å². The van der Waals surface area contributed by atoms with Gasteiger partial charge in [0.15, 0.2) is 0 Å². The normalized spacial score (nSPS) is 13.6. The van der Waals surface area contributed by atoms with E-state index in [0.717, 1.165) is 30.8 Å².